The van der Waals surface area contributed by atoms with Gasteiger partial charge in [0.2, 0.25) is 0 Å². The molecule has 0 saturated carbocycles. The Morgan fingerprint density at radius 3 is 2.69 bits per heavy atom. The molecule has 0 aliphatic carbocycles. The molecule has 0 spiro atoms. The van der Waals surface area contributed by atoms with Gasteiger partial charge in [-0.3, -0.25) is 9.89 Å². The molecule has 6 nitrogen and oxygen atoms in total. The van der Waals surface area contributed by atoms with Crippen molar-refractivity contribution in [1.82, 2.24) is 15.5 Å². The van der Waals surface area contributed by atoms with Gasteiger partial charge in [-0.05, 0) is 43.9 Å². The van der Waals surface area contributed by atoms with Crippen LogP contribution in [-0.4, -0.2) is 75.9 Å². The number of hydrogen-bond acceptors (Lipinski definition) is 4. The van der Waals surface area contributed by atoms with Crippen molar-refractivity contribution in [2.75, 3.05) is 63.9 Å². The maximum absolute atomic E-state index is 13.5. The second kappa shape index (κ2) is 11.4. The van der Waals surface area contributed by atoms with Gasteiger partial charge in [-0.15, -0.1) is 0 Å². The number of nitrogens with zero attached hydrogens (tertiary/aromatic N) is 3. The highest BCUT2D eigenvalue weighted by Crippen LogP contribution is 2.20. The maximum Gasteiger partial charge on any atom is 0.191 e. The molecule has 3 rings (SSSR count). The largest absolute Gasteiger partial charge is 0.379 e. The second-order valence-corrected chi connectivity index (χ2v) is 8.12. The Hall–Kier alpha value is -1.86. The van der Waals surface area contributed by atoms with E-state index in [2.05, 4.69) is 34.3 Å². The lowest BCUT2D eigenvalue weighted by atomic mass is 10.0. The number of hydrogen-bond donors (Lipinski definition) is 2. The third kappa shape index (κ3) is 7.16. The third-order valence-corrected chi connectivity index (χ3v) is 5.59. The first kappa shape index (κ1) is 21.8. The number of anilines is 1. The zero-order chi connectivity index (χ0) is 20.5. The van der Waals surface area contributed by atoms with E-state index in [0.717, 1.165) is 83.5 Å². The van der Waals surface area contributed by atoms with E-state index in [9.17, 15) is 4.39 Å². The average molecular weight is 406 g/mol. The van der Waals surface area contributed by atoms with E-state index in [0.29, 0.717) is 12.0 Å². The zero-order valence-corrected chi connectivity index (χ0v) is 17.9. The van der Waals surface area contributed by atoms with Gasteiger partial charge in [0.15, 0.2) is 5.96 Å². The first-order valence-corrected chi connectivity index (χ1v) is 11.0. The van der Waals surface area contributed by atoms with E-state index >= 15 is 0 Å². The normalized spacial score (nSPS) is 20.5. The lowest BCUT2D eigenvalue weighted by Crippen LogP contribution is -2.49. The number of benzene rings is 1. The van der Waals surface area contributed by atoms with Crippen molar-refractivity contribution in [3.63, 3.8) is 0 Å². The number of nitrogens with one attached hydrogen (secondary N) is 2. The van der Waals surface area contributed by atoms with Gasteiger partial charge in [0.1, 0.15) is 5.82 Å². The van der Waals surface area contributed by atoms with E-state index in [1.54, 1.807) is 12.1 Å². The van der Waals surface area contributed by atoms with Gasteiger partial charge < -0.3 is 20.3 Å². The number of morpholine rings is 1. The number of piperidine rings is 1. The van der Waals surface area contributed by atoms with Crippen LogP contribution in [0.15, 0.2) is 29.3 Å². The van der Waals surface area contributed by atoms with Crippen molar-refractivity contribution < 1.29 is 9.13 Å². The van der Waals surface area contributed by atoms with Gasteiger partial charge in [-0.1, -0.05) is 13.0 Å². The summed E-state index contributed by atoms with van der Waals surface area (Å²) in [5.74, 6) is 1.25. The fourth-order valence-corrected chi connectivity index (χ4v) is 4.00. The number of rotatable bonds is 7. The van der Waals surface area contributed by atoms with Gasteiger partial charge in [0.25, 0.3) is 0 Å². The van der Waals surface area contributed by atoms with Gasteiger partial charge >= 0.3 is 0 Å². The highest BCUT2D eigenvalue weighted by molar-refractivity contribution is 5.80. The van der Waals surface area contributed by atoms with Gasteiger partial charge in [0.05, 0.1) is 13.2 Å². The first-order valence-electron chi connectivity index (χ1n) is 11.0. The molecule has 2 fully saturated rings. The van der Waals surface area contributed by atoms with E-state index in [-0.39, 0.29) is 5.82 Å². The molecule has 29 heavy (non-hydrogen) atoms. The number of aliphatic imine (C=N–C) groups is 1. The molecular weight excluding hydrogens is 369 g/mol. The molecule has 0 aromatic heterocycles. The minimum absolute atomic E-state index is 0.171. The van der Waals surface area contributed by atoms with Crippen molar-refractivity contribution >= 4 is 11.6 Å². The molecule has 1 atom stereocenters. The predicted octanol–water partition coefficient (Wildman–Crippen LogP) is 2.32. The SMILES string of the molecule is CCNC(=NCC(C)CN1CCOCC1)NC1CCN(c2cccc(F)c2)CC1. The predicted molar refractivity (Wildman–Crippen MR) is 117 cm³/mol. The van der Waals surface area contributed by atoms with Crippen LogP contribution >= 0.6 is 0 Å². The quantitative estimate of drug-likeness (QED) is 0.539. The minimum Gasteiger partial charge on any atom is -0.379 e. The van der Waals surface area contributed by atoms with Crippen LogP contribution in [0.5, 0.6) is 0 Å². The molecule has 7 heteroatoms. The van der Waals surface area contributed by atoms with Crippen LogP contribution in [0, 0.1) is 11.7 Å². The molecule has 0 radical (unpaired) electrons. The molecular formula is C22H36FN5O. The maximum atomic E-state index is 13.5. The Bertz CT molecular complexity index is 642. The summed E-state index contributed by atoms with van der Waals surface area (Å²) in [4.78, 5) is 9.56. The standard InChI is InChI=1S/C22H36FN5O/c1-3-24-22(25-16-18(2)17-27-11-13-29-14-12-27)26-20-7-9-28(10-8-20)21-6-4-5-19(23)15-21/h4-6,15,18,20H,3,7-14,16-17H2,1-2H3,(H2,24,25,26). The van der Waals surface area contributed by atoms with Gasteiger partial charge in [-0.25, -0.2) is 4.39 Å². The monoisotopic (exact) mass is 405 g/mol. The summed E-state index contributed by atoms with van der Waals surface area (Å²) in [7, 11) is 0. The zero-order valence-electron chi connectivity index (χ0n) is 17.9. The van der Waals surface area contributed by atoms with Crippen molar-refractivity contribution in [3.8, 4) is 0 Å². The van der Waals surface area contributed by atoms with E-state index in [1.165, 1.54) is 6.07 Å². The van der Waals surface area contributed by atoms with Crippen molar-refractivity contribution in [2.24, 2.45) is 10.9 Å². The first-order chi connectivity index (χ1) is 14.1. The Kier molecular flexibility index (Phi) is 8.55. The molecule has 0 bridgehead atoms. The van der Waals surface area contributed by atoms with E-state index in [1.807, 2.05) is 6.07 Å². The Morgan fingerprint density at radius 1 is 1.24 bits per heavy atom. The van der Waals surface area contributed by atoms with Crippen LogP contribution in [0.3, 0.4) is 0 Å². The Morgan fingerprint density at radius 2 is 2.00 bits per heavy atom. The molecule has 1 aromatic carbocycles. The molecule has 162 valence electrons. The second-order valence-electron chi connectivity index (χ2n) is 8.12. The summed E-state index contributed by atoms with van der Waals surface area (Å²) < 4.78 is 18.9. The fraction of sp³-hybridized carbons (Fsp3) is 0.682. The fourth-order valence-electron chi connectivity index (χ4n) is 4.00. The molecule has 2 heterocycles. The van der Waals surface area contributed by atoms with E-state index in [4.69, 9.17) is 9.73 Å². The molecule has 1 aromatic rings. The Balaban J connectivity index is 1.45. The molecule has 2 saturated heterocycles. The van der Waals surface area contributed by atoms with Crippen LogP contribution in [-0.2, 0) is 4.74 Å². The number of ether oxygens (including phenoxy) is 1. The molecule has 2 N–H and O–H groups in total. The van der Waals surface area contributed by atoms with Crippen molar-refractivity contribution in [1.29, 1.82) is 0 Å². The lowest BCUT2D eigenvalue weighted by Gasteiger charge is -2.34. The number of halogens is 1. The van der Waals surface area contributed by atoms with Crippen molar-refractivity contribution in [3.05, 3.63) is 30.1 Å². The summed E-state index contributed by atoms with van der Waals surface area (Å²) in [6, 6.07) is 7.28. The summed E-state index contributed by atoms with van der Waals surface area (Å²) in [5.41, 5.74) is 0.973. The third-order valence-electron chi connectivity index (χ3n) is 5.59. The van der Waals surface area contributed by atoms with Crippen LogP contribution < -0.4 is 15.5 Å². The summed E-state index contributed by atoms with van der Waals surface area (Å²) in [5, 5.41) is 6.99. The summed E-state index contributed by atoms with van der Waals surface area (Å²) >= 11 is 0. The molecule has 0 amide bonds. The summed E-state index contributed by atoms with van der Waals surface area (Å²) in [6.07, 6.45) is 2.04. The van der Waals surface area contributed by atoms with Gasteiger partial charge in [0, 0.05) is 57.5 Å². The summed E-state index contributed by atoms with van der Waals surface area (Å²) in [6.45, 7) is 12.7. The smallest absolute Gasteiger partial charge is 0.191 e. The molecule has 2 aliphatic heterocycles. The van der Waals surface area contributed by atoms with Crippen LogP contribution in [0.2, 0.25) is 0 Å². The highest BCUT2D eigenvalue weighted by Gasteiger charge is 2.21. The topological polar surface area (TPSA) is 52.1 Å². The van der Waals surface area contributed by atoms with Crippen molar-refractivity contribution in [2.45, 2.75) is 32.7 Å². The molecule has 1 unspecified atom stereocenters. The lowest BCUT2D eigenvalue weighted by molar-refractivity contribution is 0.0323. The van der Waals surface area contributed by atoms with E-state index < -0.39 is 0 Å². The Labute approximate surface area is 174 Å². The number of guanidine groups is 1. The van der Waals surface area contributed by atoms with Crippen LogP contribution in [0.25, 0.3) is 0 Å². The highest BCUT2D eigenvalue weighted by atomic mass is 19.1. The minimum atomic E-state index is -0.171. The molecule has 2 aliphatic rings. The van der Waals surface area contributed by atoms with Crippen LogP contribution in [0.4, 0.5) is 10.1 Å². The van der Waals surface area contributed by atoms with Crippen LogP contribution in [0.1, 0.15) is 26.7 Å². The van der Waals surface area contributed by atoms with Gasteiger partial charge in [-0.2, -0.15) is 0 Å². The average Bonchev–Trinajstić information content (AvgIpc) is 2.73.